The van der Waals surface area contributed by atoms with Gasteiger partial charge in [0.15, 0.2) is 0 Å². The van der Waals surface area contributed by atoms with Crippen molar-refractivity contribution in [2.75, 3.05) is 0 Å². The fraction of sp³-hybridized carbons (Fsp3) is 0.562. The standard InChI is InChI=1S/C16H20Cl2O/c1-11-5-4-8-15(2,3)16(11,10-19)12-6-7-13(17)14(18)9-12/h6-7,9-11H,4-5,8H2,1-3H3/t11?,16-/m0/s1. The van der Waals surface area contributed by atoms with Crippen molar-refractivity contribution in [3.05, 3.63) is 33.8 Å². The maximum atomic E-state index is 12.0. The van der Waals surface area contributed by atoms with Crippen molar-refractivity contribution in [1.29, 1.82) is 0 Å². The molecule has 0 saturated heterocycles. The van der Waals surface area contributed by atoms with Crippen LogP contribution in [0.15, 0.2) is 18.2 Å². The van der Waals surface area contributed by atoms with E-state index in [-0.39, 0.29) is 5.41 Å². The van der Waals surface area contributed by atoms with Crippen molar-refractivity contribution in [1.82, 2.24) is 0 Å². The third-order valence-electron chi connectivity index (χ3n) is 4.92. The molecule has 1 aliphatic carbocycles. The lowest BCUT2D eigenvalue weighted by atomic mass is 9.51. The lowest BCUT2D eigenvalue weighted by Crippen LogP contribution is -2.51. The predicted octanol–water partition coefficient (Wildman–Crippen LogP) is 5.28. The number of carbonyl (C=O) groups excluding carboxylic acids is 1. The highest BCUT2D eigenvalue weighted by Crippen LogP contribution is 2.54. The van der Waals surface area contributed by atoms with Gasteiger partial charge in [0, 0.05) is 0 Å². The summed E-state index contributed by atoms with van der Waals surface area (Å²) in [5.41, 5.74) is 0.456. The Kier molecular flexibility index (Phi) is 3.99. The first-order valence-corrected chi connectivity index (χ1v) is 7.52. The maximum Gasteiger partial charge on any atom is 0.131 e. The average Bonchev–Trinajstić information content (AvgIpc) is 2.33. The lowest BCUT2D eigenvalue weighted by Gasteiger charge is -2.51. The first-order valence-electron chi connectivity index (χ1n) is 6.77. The van der Waals surface area contributed by atoms with E-state index >= 15 is 0 Å². The van der Waals surface area contributed by atoms with Crippen LogP contribution >= 0.6 is 23.2 Å². The zero-order valence-electron chi connectivity index (χ0n) is 11.7. The monoisotopic (exact) mass is 298 g/mol. The van der Waals surface area contributed by atoms with E-state index in [1.165, 1.54) is 6.42 Å². The molecule has 1 saturated carbocycles. The summed E-state index contributed by atoms with van der Waals surface area (Å²) < 4.78 is 0. The van der Waals surface area contributed by atoms with E-state index < -0.39 is 5.41 Å². The fourth-order valence-electron chi connectivity index (χ4n) is 3.72. The molecule has 2 atom stereocenters. The summed E-state index contributed by atoms with van der Waals surface area (Å²) in [5, 5.41) is 1.06. The SMILES string of the molecule is CC1CCCC(C)(C)[C@]1(C=O)c1ccc(Cl)c(Cl)c1. The Morgan fingerprint density at radius 3 is 2.47 bits per heavy atom. The zero-order valence-corrected chi connectivity index (χ0v) is 13.2. The van der Waals surface area contributed by atoms with Gasteiger partial charge in [-0.15, -0.1) is 0 Å². The first kappa shape index (κ1) is 14.9. The number of hydrogen-bond donors (Lipinski definition) is 0. The molecule has 0 aromatic heterocycles. The van der Waals surface area contributed by atoms with E-state index in [2.05, 4.69) is 20.8 Å². The van der Waals surface area contributed by atoms with E-state index in [0.29, 0.717) is 16.0 Å². The van der Waals surface area contributed by atoms with Gasteiger partial charge >= 0.3 is 0 Å². The normalized spacial score (nSPS) is 30.1. The Morgan fingerprint density at radius 2 is 1.95 bits per heavy atom. The molecule has 1 nitrogen and oxygen atoms in total. The molecule has 0 spiro atoms. The largest absolute Gasteiger partial charge is 0.302 e. The molecule has 3 heteroatoms. The predicted molar refractivity (Wildman–Crippen MR) is 81.0 cm³/mol. The van der Waals surface area contributed by atoms with Gasteiger partial charge in [0.2, 0.25) is 0 Å². The molecule has 0 radical (unpaired) electrons. The number of benzene rings is 1. The fourth-order valence-corrected chi connectivity index (χ4v) is 4.02. The van der Waals surface area contributed by atoms with Crippen molar-refractivity contribution in [2.24, 2.45) is 11.3 Å². The van der Waals surface area contributed by atoms with Crippen molar-refractivity contribution in [3.63, 3.8) is 0 Å². The second-order valence-electron chi connectivity index (χ2n) is 6.29. The van der Waals surface area contributed by atoms with E-state index in [4.69, 9.17) is 23.2 Å². The van der Waals surface area contributed by atoms with Gasteiger partial charge in [-0.25, -0.2) is 0 Å². The number of halogens is 2. The highest BCUT2D eigenvalue weighted by Gasteiger charge is 2.52. The average molecular weight is 299 g/mol. The van der Waals surface area contributed by atoms with Crippen molar-refractivity contribution >= 4 is 29.5 Å². The van der Waals surface area contributed by atoms with Crippen molar-refractivity contribution in [2.45, 2.75) is 45.4 Å². The minimum absolute atomic E-state index is 0.0659. The number of hydrogen-bond acceptors (Lipinski definition) is 1. The van der Waals surface area contributed by atoms with E-state index in [1.54, 1.807) is 6.07 Å². The Bertz CT molecular complexity index is 496. The molecular weight excluding hydrogens is 279 g/mol. The molecule has 1 aromatic rings. The van der Waals surface area contributed by atoms with Crippen LogP contribution in [0.3, 0.4) is 0 Å². The molecule has 1 fully saturated rings. The number of carbonyl (C=O) groups is 1. The first-order chi connectivity index (χ1) is 8.85. The minimum Gasteiger partial charge on any atom is -0.302 e. The molecule has 2 rings (SSSR count). The van der Waals surface area contributed by atoms with E-state index in [9.17, 15) is 4.79 Å². The van der Waals surface area contributed by atoms with Gasteiger partial charge in [-0.05, 0) is 41.9 Å². The molecule has 0 aliphatic heterocycles. The van der Waals surface area contributed by atoms with Crippen LogP contribution in [-0.4, -0.2) is 6.29 Å². The molecule has 1 unspecified atom stereocenters. The number of aldehydes is 1. The van der Waals surface area contributed by atoms with E-state index in [0.717, 1.165) is 24.7 Å². The third-order valence-corrected chi connectivity index (χ3v) is 5.66. The summed E-state index contributed by atoms with van der Waals surface area (Å²) in [7, 11) is 0. The molecule has 0 amide bonds. The minimum atomic E-state index is -0.473. The quantitative estimate of drug-likeness (QED) is 0.679. The van der Waals surface area contributed by atoms with Crippen LogP contribution in [0.1, 0.15) is 45.6 Å². The molecule has 0 bridgehead atoms. The van der Waals surface area contributed by atoms with Gasteiger partial charge in [-0.3, -0.25) is 0 Å². The van der Waals surface area contributed by atoms with Crippen molar-refractivity contribution in [3.8, 4) is 0 Å². The molecular formula is C16H20Cl2O. The molecule has 1 aromatic carbocycles. The van der Waals surface area contributed by atoms with Crippen LogP contribution in [0, 0.1) is 11.3 Å². The van der Waals surface area contributed by atoms with Crippen LogP contribution in [0.4, 0.5) is 0 Å². The zero-order chi connectivity index (χ0) is 14.3. The Hall–Kier alpha value is -0.530. The lowest BCUT2D eigenvalue weighted by molar-refractivity contribution is -0.121. The van der Waals surface area contributed by atoms with Crippen LogP contribution in [-0.2, 0) is 10.2 Å². The molecule has 19 heavy (non-hydrogen) atoms. The second-order valence-corrected chi connectivity index (χ2v) is 7.11. The molecule has 0 heterocycles. The van der Waals surface area contributed by atoms with Crippen LogP contribution < -0.4 is 0 Å². The summed E-state index contributed by atoms with van der Waals surface area (Å²) in [6.45, 7) is 6.52. The van der Waals surface area contributed by atoms with Gasteiger partial charge < -0.3 is 4.79 Å². The topological polar surface area (TPSA) is 17.1 Å². The Labute approximate surface area is 125 Å². The van der Waals surface area contributed by atoms with Gasteiger partial charge in [-0.2, -0.15) is 0 Å². The summed E-state index contributed by atoms with van der Waals surface area (Å²) in [6, 6.07) is 5.61. The summed E-state index contributed by atoms with van der Waals surface area (Å²) >= 11 is 12.1. The molecule has 104 valence electrons. The third kappa shape index (κ3) is 2.21. The Balaban J connectivity index is 2.62. The molecule has 0 N–H and O–H groups in total. The second kappa shape index (κ2) is 5.10. The highest BCUT2D eigenvalue weighted by molar-refractivity contribution is 6.42. The van der Waals surface area contributed by atoms with Gasteiger partial charge in [0.1, 0.15) is 6.29 Å². The summed E-state index contributed by atoms with van der Waals surface area (Å²) in [4.78, 5) is 12.0. The summed E-state index contributed by atoms with van der Waals surface area (Å²) in [6.07, 6.45) is 4.43. The van der Waals surface area contributed by atoms with Crippen LogP contribution in [0.25, 0.3) is 0 Å². The van der Waals surface area contributed by atoms with Crippen LogP contribution in [0.2, 0.25) is 10.0 Å². The van der Waals surface area contributed by atoms with E-state index in [1.807, 2.05) is 12.1 Å². The van der Waals surface area contributed by atoms with Gasteiger partial charge in [-0.1, -0.05) is 56.5 Å². The van der Waals surface area contributed by atoms with Gasteiger partial charge in [0.05, 0.1) is 15.5 Å². The highest BCUT2D eigenvalue weighted by atomic mass is 35.5. The Morgan fingerprint density at radius 1 is 1.26 bits per heavy atom. The number of rotatable bonds is 2. The van der Waals surface area contributed by atoms with Crippen LogP contribution in [0.5, 0.6) is 0 Å². The van der Waals surface area contributed by atoms with Gasteiger partial charge in [0.25, 0.3) is 0 Å². The smallest absolute Gasteiger partial charge is 0.131 e. The van der Waals surface area contributed by atoms with Crippen molar-refractivity contribution < 1.29 is 4.79 Å². The maximum absolute atomic E-state index is 12.0. The molecule has 1 aliphatic rings. The summed E-state index contributed by atoms with van der Waals surface area (Å²) in [5.74, 6) is 0.311.